The molecule has 3 aliphatic rings. The highest BCUT2D eigenvalue weighted by molar-refractivity contribution is 5.27. The van der Waals surface area contributed by atoms with Crippen molar-refractivity contribution in [3.8, 4) is 0 Å². The Labute approximate surface area is 245 Å². The Morgan fingerprint density at radius 3 is 2.07 bits per heavy atom. The first-order chi connectivity index (χ1) is 20.4. The summed E-state index contributed by atoms with van der Waals surface area (Å²) in [6, 6.07) is 6.58. The first-order valence-electron chi connectivity index (χ1n) is 13.5. The number of benzene rings is 1. The summed E-state index contributed by atoms with van der Waals surface area (Å²) in [4.78, 5) is 9.56. The molecule has 14 atom stereocenters. The summed E-state index contributed by atoms with van der Waals surface area (Å²) >= 11 is 0. The smallest absolute Gasteiger partial charge is 0.269 e. The lowest BCUT2D eigenvalue weighted by Crippen LogP contribution is -2.66. The monoisotopic (exact) mass is 619 g/mol. The maximum Gasteiger partial charge on any atom is 0.269 e. The Morgan fingerprint density at radius 2 is 1.53 bits per heavy atom. The number of nitro groups is 1. The number of non-ortho nitro benzene ring substituents is 1. The van der Waals surface area contributed by atoms with Crippen LogP contribution in [0, 0.1) is 22.1 Å². The van der Waals surface area contributed by atoms with E-state index in [1.807, 2.05) is 0 Å². The molecule has 2 fully saturated rings. The van der Waals surface area contributed by atoms with Gasteiger partial charge in [-0.3, -0.25) is 10.1 Å². The van der Waals surface area contributed by atoms with Crippen LogP contribution in [0.3, 0.4) is 0 Å². The van der Waals surface area contributed by atoms with E-state index in [2.05, 4.69) is 11.4 Å². The van der Waals surface area contributed by atoms with Crippen molar-refractivity contribution >= 4 is 5.69 Å². The van der Waals surface area contributed by atoms with Crippen molar-refractivity contribution in [3.05, 3.63) is 52.1 Å². The lowest BCUT2D eigenvalue weighted by Gasteiger charge is -2.47. The molecule has 0 spiro atoms. The van der Waals surface area contributed by atoms with Gasteiger partial charge in [-0.05, 0) is 30.2 Å². The van der Waals surface area contributed by atoms with Crippen LogP contribution in [0.5, 0.6) is 0 Å². The molecule has 2 aliphatic carbocycles. The van der Waals surface area contributed by atoms with Gasteiger partial charge in [-0.2, -0.15) is 0 Å². The second-order valence-electron chi connectivity index (χ2n) is 10.6. The van der Waals surface area contributed by atoms with E-state index in [-0.39, 0.29) is 17.7 Å². The number of nitrogens with one attached hydrogen (secondary N) is 1. The standard InChI is InChI=1S/C20H35NO13.C6H4NO2/c22-3-6-1-8(12(26)15(29)11(6)25)21-9-2-7(4-23)19(17(31)13(9)27)34-20-18(32)16(30)14(28)10(5-24)33-20;8-7(9)6-4-2-1-3-5-6/h1,7-32H,2-5H2;2-5H/t7-,8+,9+,10-,11-,12+,13+,14-,15+,16+,17-,18-,19-,20+;/m1./s1. The predicted octanol–water partition coefficient (Wildman–Crippen LogP) is -5.36. The third kappa shape index (κ3) is 8.10. The summed E-state index contributed by atoms with van der Waals surface area (Å²) in [7, 11) is 0. The molecule has 1 aromatic rings. The molecule has 243 valence electrons. The van der Waals surface area contributed by atoms with Gasteiger partial charge in [-0.1, -0.05) is 6.08 Å². The second-order valence-corrected chi connectivity index (χ2v) is 10.6. The van der Waals surface area contributed by atoms with Crippen LogP contribution in [-0.2, 0) is 9.47 Å². The SMILES string of the molecule is O=[N+]([O-])c1cc[c]cc1.OCC1=C[C@H](N[C@H]2C[C@H](CO)[C@@H](O[C@@H]3O[C@H](CO)[C@@H](O)[C@H](O)[C@H]3O)[C@H](O)[C@H]2O)[C@H](O)[C@@H](O)[C@@H]1O. The Balaban J connectivity index is 0.000000480. The topological polar surface area (TPSA) is 296 Å². The van der Waals surface area contributed by atoms with Crippen LogP contribution < -0.4 is 5.32 Å². The number of rotatable bonds is 8. The molecule has 0 amide bonds. The number of nitrogens with zero attached hydrogens (tertiary/aromatic N) is 1. The fourth-order valence-corrected chi connectivity index (χ4v) is 5.27. The van der Waals surface area contributed by atoms with E-state index in [0.717, 1.165) is 0 Å². The summed E-state index contributed by atoms with van der Waals surface area (Å²) < 4.78 is 10.9. The summed E-state index contributed by atoms with van der Waals surface area (Å²) in [5, 5.41) is 123. The number of nitro benzene ring substituents is 1. The molecular formula is C26H39N2O15. The van der Waals surface area contributed by atoms with Crippen molar-refractivity contribution in [3.63, 3.8) is 0 Å². The van der Waals surface area contributed by atoms with E-state index in [0.29, 0.717) is 0 Å². The van der Waals surface area contributed by atoms with E-state index in [1.54, 1.807) is 0 Å². The first-order valence-corrected chi connectivity index (χ1v) is 13.5. The number of hydrogen-bond acceptors (Lipinski definition) is 16. The zero-order valence-electron chi connectivity index (χ0n) is 22.8. The molecule has 1 aliphatic heterocycles. The normalized spacial score (nSPS) is 41.5. The van der Waals surface area contributed by atoms with Gasteiger partial charge in [0, 0.05) is 30.7 Å². The van der Waals surface area contributed by atoms with Gasteiger partial charge < -0.3 is 71.0 Å². The Bertz CT molecular complexity index is 1050. The number of aliphatic hydroxyl groups is 11. The van der Waals surface area contributed by atoms with Gasteiger partial charge in [0.15, 0.2) is 6.29 Å². The van der Waals surface area contributed by atoms with Crippen LogP contribution in [-0.4, -0.2) is 160 Å². The molecule has 1 saturated carbocycles. The summed E-state index contributed by atoms with van der Waals surface area (Å²) in [5.41, 5.74) is 0.164. The molecule has 17 heteroatoms. The van der Waals surface area contributed by atoms with Gasteiger partial charge in [0.05, 0.1) is 36.4 Å². The quantitative estimate of drug-likeness (QED) is 0.0734. The van der Waals surface area contributed by atoms with Gasteiger partial charge in [0.25, 0.3) is 5.69 Å². The van der Waals surface area contributed by atoms with E-state index in [1.165, 1.54) is 30.3 Å². The predicted molar refractivity (Wildman–Crippen MR) is 142 cm³/mol. The molecule has 43 heavy (non-hydrogen) atoms. The Kier molecular flexibility index (Phi) is 12.9. The molecule has 0 bridgehead atoms. The molecule has 1 heterocycles. The van der Waals surface area contributed by atoms with Gasteiger partial charge in [-0.25, -0.2) is 0 Å². The van der Waals surface area contributed by atoms with Gasteiger partial charge >= 0.3 is 0 Å². The molecular weight excluding hydrogens is 580 g/mol. The van der Waals surface area contributed by atoms with E-state index >= 15 is 0 Å². The van der Waals surface area contributed by atoms with Crippen molar-refractivity contribution in [1.82, 2.24) is 5.32 Å². The van der Waals surface area contributed by atoms with E-state index in [4.69, 9.17) is 9.47 Å². The van der Waals surface area contributed by atoms with Crippen molar-refractivity contribution < 1.29 is 70.6 Å². The molecule has 1 radical (unpaired) electrons. The average molecular weight is 620 g/mol. The zero-order chi connectivity index (χ0) is 32.0. The minimum absolute atomic E-state index is 0.0129. The fraction of sp³-hybridized carbons (Fsp3) is 0.692. The number of ether oxygens (including phenoxy) is 2. The summed E-state index contributed by atoms with van der Waals surface area (Å²) in [6.07, 6.45) is -15.7. The van der Waals surface area contributed by atoms with Crippen LogP contribution in [0.15, 0.2) is 35.9 Å². The van der Waals surface area contributed by atoms with Gasteiger partial charge in [0.1, 0.15) is 48.8 Å². The fourth-order valence-electron chi connectivity index (χ4n) is 5.27. The molecule has 0 aromatic heterocycles. The van der Waals surface area contributed by atoms with Crippen LogP contribution in [0.2, 0.25) is 0 Å². The molecule has 0 unspecified atom stereocenters. The van der Waals surface area contributed by atoms with Crippen LogP contribution in [0.25, 0.3) is 0 Å². The first kappa shape index (κ1) is 35.3. The van der Waals surface area contributed by atoms with E-state index in [9.17, 15) is 66.3 Å². The molecule has 1 aromatic carbocycles. The number of aliphatic hydroxyl groups excluding tert-OH is 11. The highest BCUT2D eigenvalue weighted by Gasteiger charge is 2.50. The minimum Gasteiger partial charge on any atom is -0.396 e. The van der Waals surface area contributed by atoms with Crippen molar-refractivity contribution in [2.24, 2.45) is 5.92 Å². The van der Waals surface area contributed by atoms with Gasteiger partial charge in [-0.15, -0.1) is 0 Å². The summed E-state index contributed by atoms with van der Waals surface area (Å²) in [5.74, 6) is -0.833. The van der Waals surface area contributed by atoms with Crippen LogP contribution in [0.4, 0.5) is 5.69 Å². The van der Waals surface area contributed by atoms with Crippen molar-refractivity contribution in [2.75, 3.05) is 19.8 Å². The third-order valence-corrected chi connectivity index (χ3v) is 7.81. The van der Waals surface area contributed by atoms with Crippen LogP contribution in [0.1, 0.15) is 6.42 Å². The second kappa shape index (κ2) is 15.7. The summed E-state index contributed by atoms with van der Waals surface area (Å²) in [6.45, 7) is -1.80. The lowest BCUT2D eigenvalue weighted by molar-refractivity contribution is -0.384. The van der Waals surface area contributed by atoms with Gasteiger partial charge in [0.2, 0.25) is 0 Å². The number of hydrogen-bond donors (Lipinski definition) is 12. The lowest BCUT2D eigenvalue weighted by atomic mass is 9.78. The molecule has 1 saturated heterocycles. The Morgan fingerprint density at radius 1 is 0.884 bits per heavy atom. The highest BCUT2D eigenvalue weighted by Crippen LogP contribution is 2.33. The zero-order valence-corrected chi connectivity index (χ0v) is 22.8. The molecule has 17 nitrogen and oxygen atoms in total. The van der Waals surface area contributed by atoms with Crippen molar-refractivity contribution in [1.29, 1.82) is 0 Å². The maximum absolute atomic E-state index is 10.7. The minimum atomic E-state index is -1.75. The van der Waals surface area contributed by atoms with Crippen LogP contribution >= 0.6 is 0 Å². The highest BCUT2D eigenvalue weighted by atomic mass is 16.7. The average Bonchev–Trinajstić information content (AvgIpc) is 3.01. The Hall–Kier alpha value is -2.20. The largest absolute Gasteiger partial charge is 0.396 e. The third-order valence-electron chi connectivity index (χ3n) is 7.81. The molecule has 12 N–H and O–H groups in total. The van der Waals surface area contributed by atoms with Crippen molar-refractivity contribution in [2.45, 2.75) is 85.8 Å². The van der Waals surface area contributed by atoms with E-state index < -0.39 is 110 Å². The molecule has 4 rings (SSSR count). The maximum atomic E-state index is 10.7.